The van der Waals surface area contributed by atoms with Crippen molar-refractivity contribution in [1.82, 2.24) is 9.97 Å². The first kappa shape index (κ1) is 23.3. The molecule has 4 nitrogen and oxygen atoms in total. The molecule has 0 aliphatic heterocycles. The standard InChI is InChI=1S/C34H32N4/c35-33(17-4-18-33)26-12-8-24(9-13-26)31-29-22-28(23-6-2-1-3-7-23)32(38-30(29)16-21-37-31)25-10-14-27(15-11-25)34(36)19-5-20-34/h1-3,6-16,21-22H,4-5,17-20,35-36H2. The molecule has 3 aromatic carbocycles. The first-order valence-electron chi connectivity index (χ1n) is 13.7. The Kier molecular flexibility index (Phi) is 5.43. The van der Waals surface area contributed by atoms with Gasteiger partial charge in [-0.15, -0.1) is 0 Å². The summed E-state index contributed by atoms with van der Waals surface area (Å²) in [4.78, 5) is 10.0. The Morgan fingerprint density at radius 2 is 1.13 bits per heavy atom. The highest BCUT2D eigenvalue weighted by atomic mass is 14.8. The number of aromatic nitrogens is 2. The summed E-state index contributed by atoms with van der Waals surface area (Å²) in [5.41, 5.74) is 22.5. The molecule has 2 aliphatic rings. The fourth-order valence-electron chi connectivity index (χ4n) is 6.00. The lowest BCUT2D eigenvalue weighted by molar-refractivity contribution is 0.253. The van der Waals surface area contributed by atoms with Crippen LogP contribution in [0.25, 0.3) is 44.5 Å². The molecule has 2 saturated carbocycles. The van der Waals surface area contributed by atoms with E-state index >= 15 is 0 Å². The monoisotopic (exact) mass is 496 g/mol. The van der Waals surface area contributed by atoms with Gasteiger partial charge < -0.3 is 11.5 Å². The molecule has 188 valence electrons. The van der Waals surface area contributed by atoms with E-state index in [-0.39, 0.29) is 11.1 Å². The summed E-state index contributed by atoms with van der Waals surface area (Å²) in [6, 6.07) is 32.1. The lowest BCUT2D eigenvalue weighted by atomic mass is 9.72. The lowest BCUT2D eigenvalue weighted by Crippen LogP contribution is -2.43. The van der Waals surface area contributed by atoms with Crippen molar-refractivity contribution in [2.24, 2.45) is 11.5 Å². The molecule has 4 N–H and O–H groups in total. The number of hydrogen-bond donors (Lipinski definition) is 2. The van der Waals surface area contributed by atoms with Crippen molar-refractivity contribution >= 4 is 10.9 Å². The first-order chi connectivity index (χ1) is 18.5. The van der Waals surface area contributed by atoms with Crippen LogP contribution in [0.2, 0.25) is 0 Å². The third kappa shape index (κ3) is 3.84. The molecule has 0 amide bonds. The molecule has 7 rings (SSSR count). The van der Waals surface area contributed by atoms with E-state index in [1.54, 1.807) is 0 Å². The van der Waals surface area contributed by atoms with E-state index in [4.69, 9.17) is 21.4 Å². The SMILES string of the molecule is NC1(c2ccc(-c3nc4ccnc(-c5ccc(C6(N)CCC6)cc5)c4cc3-c3ccccc3)cc2)CCC1. The van der Waals surface area contributed by atoms with Crippen LogP contribution >= 0.6 is 0 Å². The van der Waals surface area contributed by atoms with Gasteiger partial charge in [0, 0.05) is 39.4 Å². The fraction of sp³-hybridized carbons (Fsp3) is 0.235. The molecule has 0 spiro atoms. The van der Waals surface area contributed by atoms with Crippen molar-refractivity contribution in [3.8, 4) is 33.6 Å². The number of nitrogens with zero attached hydrogens (tertiary/aromatic N) is 2. The number of pyridine rings is 2. The van der Waals surface area contributed by atoms with Crippen LogP contribution in [0.5, 0.6) is 0 Å². The summed E-state index contributed by atoms with van der Waals surface area (Å²) < 4.78 is 0. The molecule has 0 atom stereocenters. The Bertz CT molecular complexity index is 1610. The van der Waals surface area contributed by atoms with E-state index in [1.165, 1.54) is 24.0 Å². The van der Waals surface area contributed by atoms with Gasteiger partial charge in [0.2, 0.25) is 0 Å². The smallest absolute Gasteiger partial charge is 0.0796 e. The highest BCUT2D eigenvalue weighted by Crippen LogP contribution is 2.42. The van der Waals surface area contributed by atoms with Gasteiger partial charge in [0.25, 0.3) is 0 Å². The van der Waals surface area contributed by atoms with Crippen LogP contribution in [-0.2, 0) is 11.1 Å². The van der Waals surface area contributed by atoms with Crippen molar-refractivity contribution in [3.63, 3.8) is 0 Å². The molecule has 2 aliphatic carbocycles. The van der Waals surface area contributed by atoms with Gasteiger partial charge in [0.1, 0.15) is 0 Å². The van der Waals surface area contributed by atoms with Crippen LogP contribution in [-0.4, -0.2) is 9.97 Å². The number of nitrogens with two attached hydrogens (primary N) is 2. The third-order valence-electron chi connectivity index (χ3n) is 8.79. The molecule has 0 radical (unpaired) electrons. The predicted molar refractivity (Wildman–Crippen MR) is 155 cm³/mol. The van der Waals surface area contributed by atoms with Crippen LogP contribution < -0.4 is 11.5 Å². The van der Waals surface area contributed by atoms with Crippen molar-refractivity contribution < 1.29 is 0 Å². The van der Waals surface area contributed by atoms with Crippen molar-refractivity contribution in [3.05, 3.63) is 108 Å². The molecule has 0 saturated heterocycles. The van der Waals surface area contributed by atoms with Crippen LogP contribution in [0.15, 0.2) is 97.2 Å². The van der Waals surface area contributed by atoms with Crippen molar-refractivity contribution in [2.45, 2.75) is 49.6 Å². The lowest BCUT2D eigenvalue weighted by Gasteiger charge is -2.38. The third-order valence-corrected chi connectivity index (χ3v) is 8.79. The summed E-state index contributed by atoms with van der Waals surface area (Å²) in [6.45, 7) is 0. The highest BCUT2D eigenvalue weighted by molar-refractivity contribution is 5.98. The summed E-state index contributed by atoms with van der Waals surface area (Å²) in [5.74, 6) is 0. The average molecular weight is 497 g/mol. The van der Waals surface area contributed by atoms with Gasteiger partial charge in [-0.3, -0.25) is 4.98 Å². The Labute approximate surface area is 223 Å². The van der Waals surface area contributed by atoms with Gasteiger partial charge in [0.15, 0.2) is 0 Å². The van der Waals surface area contributed by atoms with Crippen LogP contribution in [0.3, 0.4) is 0 Å². The topological polar surface area (TPSA) is 77.8 Å². The summed E-state index contributed by atoms with van der Waals surface area (Å²) in [5, 5.41) is 1.04. The molecule has 0 bridgehead atoms. The van der Waals surface area contributed by atoms with Gasteiger partial charge in [-0.2, -0.15) is 0 Å². The minimum absolute atomic E-state index is 0.167. The molecular formula is C34H32N4. The van der Waals surface area contributed by atoms with E-state index in [0.29, 0.717) is 0 Å². The van der Waals surface area contributed by atoms with Crippen molar-refractivity contribution in [1.29, 1.82) is 0 Å². The largest absolute Gasteiger partial charge is 0.321 e. The van der Waals surface area contributed by atoms with E-state index in [9.17, 15) is 0 Å². The maximum Gasteiger partial charge on any atom is 0.0796 e. The van der Waals surface area contributed by atoms with E-state index in [2.05, 4.69) is 78.9 Å². The summed E-state index contributed by atoms with van der Waals surface area (Å²) >= 11 is 0. The van der Waals surface area contributed by atoms with Crippen LogP contribution in [0.1, 0.15) is 49.7 Å². The van der Waals surface area contributed by atoms with Crippen molar-refractivity contribution in [2.75, 3.05) is 0 Å². The van der Waals surface area contributed by atoms with E-state index in [1.807, 2.05) is 18.3 Å². The van der Waals surface area contributed by atoms with Gasteiger partial charge in [-0.1, -0.05) is 78.9 Å². The van der Waals surface area contributed by atoms with Gasteiger partial charge in [0.05, 0.1) is 16.9 Å². The number of fused-ring (bicyclic) bond motifs is 1. The molecule has 0 unspecified atom stereocenters. The van der Waals surface area contributed by atoms with E-state index in [0.717, 1.165) is 70.2 Å². The highest BCUT2D eigenvalue weighted by Gasteiger charge is 2.35. The quantitative estimate of drug-likeness (QED) is 0.267. The maximum absolute atomic E-state index is 6.59. The minimum atomic E-state index is -0.171. The molecule has 2 fully saturated rings. The molecule has 5 aromatic rings. The number of benzene rings is 3. The second-order valence-corrected chi connectivity index (χ2v) is 11.2. The zero-order valence-electron chi connectivity index (χ0n) is 21.5. The molecule has 2 aromatic heterocycles. The van der Waals surface area contributed by atoms with Crippen LogP contribution in [0.4, 0.5) is 0 Å². The Hall–Kier alpha value is -3.86. The average Bonchev–Trinajstić information content (AvgIpc) is 2.94. The van der Waals surface area contributed by atoms with Crippen LogP contribution in [0, 0.1) is 0 Å². The zero-order chi connectivity index (χ0) is 25.7. The van der Waals surface area contributed by atoms with Gasteiger partial charge in [-0.05, 0) is 67.3 Å². The number of rotatable bonds is 5. The zero-order valence-corrected chi connectivity index (χ0v) is 21.5. The minimum Gasteiger partial charge on any atom is -0.321 e. The molecule has 4 heteroatoms. The van der Waals surface area contributed by atoms with Gasteiger partial charge in [-0.25, -0.2) is 4.98 Å². The van der Waals surface area contributed by atoms with Gasteiger partial charge >= 0.3 is 0 Å². The fourth-order valence-corrected chi connectivity index (χ4v) is 6.00. The second kappa shape index (κ2) is 8.87. The normalized spacial score (nSPS) is 17.5. The molecule has 38 heavy (non-hydrogen) atoms. The first-order valence-corrected chi connectivity index (χ1v) is 13.7. The maximum atomic E-state index is 6.59. The second-order valence-electron chi connectivity index (χ2n) is 11.2. The van der Waals surface area contributed by atoms with E-state index < -0.39 is 0 Å². The summed E-state index contributed by atoms with van der Waals surface area (Å²) in [7, 11) is 0. The summed E-state index contributed by atoms with van der Waals surface area (Å²) in [6.07, 6.45) is 8.49. The Morgan fingerprint density at radius 3 is 1.66 bits per heavy atom. The predicted octanol–water partition coefficient (Wildman–Crippen LogP) is 7.31. The molecule has 2 heterocycles. The Balaban J connectivity index is 1.36. The number of hydrogen-bond acceptors (Lipinski definition) is 4. The Morgan fingerprint density at radius 1 is 0.579 bits per heavy atom. The molecular weight excluding hydrogens is 464 g/mol.